The van der Waals surface area contributed by atoms with Crippen LogP contribution in [-0.4, -0.2) is 61.4 Å². The van der Waals surface area contributed by atoms with Crippen molar-refractivity contribution >= 4 is 5.69 Å². The number of aliphatic hydroxyl groups excluding tert-OH is 1. The van der Waals surface area contributed by atoms with Crippen molar-refractivity contribution in [3.05, 3.63) is 30.3 Å². The summed E-state index contributed by atoms with van der Waals surface area (Å²) >= 11 is 0. The van der Waals surface area contributed by atoms with Gasteiger partial charge in [0.1, 0.15) is 0 Å². The normalized spacial score (nSPS) is 23.0. The minimum Gasteiger partial charge on any atom is -0.395 e. The summed E-state index contributed by atoms with van der Waals surface area (Å²) in [6.07, 6.45) is 7.40. The fourth-order valence-electron chi connectivity index (χ4n) is 4.12. The summed E-state index contributed by atoms with van der Waals surface area (Å²) in [5.74, 6) is 0. The molecule has 24 heavy (non-hydrogen) atoms. The summed E-state index contributed by atoms with van der Waals surface area (Å²) in [6, 6.07) is 11.9. The van der Waals surface area contributed by atoms with Crippen LogP contribution in [0.4, 0.5) is 5.69 Å². The van der Waals surface area contributed by atoms with E-state index in [0.29, 0.717) is 18.7 Å². The van der Waals surface area contributed by atoms with E-state index in [9.17, 15) is 5.11 Å². The van der Waals surface area contributed by atoms with Gasteiger partial charge in [0.2, 0.25) is 0 Å². The van der Waals surface area contributed by atoms with Crippen molar-refractivity contribution in [3.63, 3.8) is 0 Å². The van der Waals surface area contributed by atoms with Gasteiger partial charge in [-0.2, -0.15) is 0 Å². The van der Waals surface area contributed by atoms with Crippen molar-refractivity contribution in [1.82, 2.24) is 10.2 Å². The lowest BCUT2D eigenvalue weighted by atomic mass is 10.0. The molecule has 1 aromatic carbocycles. The average Bonchev–Trinajstić information content (AvgIpc) is 3.10. The first-order chi connectivity index (χ1) is 11.9. The summed E-state index contributed by atoms with van der Waals surface area (Å²) in [5, 5.41) is 13.1. The Kier molecular flexibility index (Phi) is 6.94. The zero-order valence-corrected chi connectivity index (χ0v) is 14.9. The number of piperidine rings is 1. The number of benzene rings is 1. The van der Waals surface area contributed by atoms with E-state index in [0.717, 1.165) is 26.2 Å². The number of hydrogen-bond donors (Lipinski definition) is 2. The molecule has 1 atom stereocenters. The number of unbranched alkanes of at least 4 members (excludes halogenated alkanes) is 1. The maximum absolute atomic E-state index is 9.36. The van der Waals surface area contributed by atoms with Gasteiger partial charge < -0.3 is 15.3 Å². The molecule has 2 N–H and O–H groups in total. The molecule has 4 nitrogen and oxygen atoms in total. The van der Waals surface area contributed by atoms with E-state index in [1.807, 2.05) is 0 Å². The van der Waals surface area contributed by atoms with Gasteiger partial charge in [0.15, 0.2) is 0 Å². The SMILES string of the molecule is OCC1CCCN1CCCCNC1CCN(c2ccccc2)CC1. The van der Waals surface area contributed by atoms with Crippen LogP contribution in [0.15, 0.2) is 30.3 Å². The molecular weight excluding hydrogens is 298 g/mol. The highest BCUT2D eigenvalue weighted by Crippen LogP contribution is 2.20. The maximum atomic E-state index is 9.36. The zero-order valence-electron chi connectivity index (χ0n) is 14.9. The Balaban J connectivity index is 1.26. The third kappa shape index (κ3) is 4.95. The lowest BCUT2D eigenvalue weighted by Crippen LogP contribution is -2.43. The largest absolute Gasteiger partial charge is 0.395 e. The van der Waals surface area contributed by atoms with E-state index in [-0.39, 0.29) is 0 Å². The first-order valence-corrected chi connectivity index (χ1v) is 9.75. The smallest absolute Gasteiger partial charge is 0.0586 e. The minimum absolute atomic E-state index is 0.332. The molecule has 0 amide bonds. The maximum Gasteiger partial charge on any atom is 0.0586 e. The van der Waals surface area contributed by atoms with Gasteiger partial charge in [-0.25, -0.2) is 0 Å². The Bertz CT molecular complexity index is 459. The van der Waals surface area contributed by atoms with Crippen molar-refractivity contribution < 1.29 is 5.11 Å². The number of likely N-dealkylation sites (tertiary alicyclic amines) is 1. The first kappa shape index (κ1) is 17.7. The van der Waals surface area contributed by atoms with E-state index < -0.39 is 0 Å². The molecule has 1 aromatic rings. The van der Waals surface area contributed by atoms with Crippen LogP contribution in [0.2, 0.25) is 0 Å². The monoisotopic (exact) mass is 331 g/mol. The van der Waals surface area contributed by atoms with E-state index in [1.54, 1.807) is 0 Å². The van der Waals surface area contributed by atoms with Crippen molar-refractivity contribution in [3.8, 4) is 0 Å². The fraction of sp³-hybridized carbons (Fsp3) is 0.700. The quantitative estimate of drug-likeness (QED) is 0.718. The predicted octanol–water partition coefficient (Wildman–Crippen LogP) is 2.48. The van der Waals surface area contributed by atoms with Crippen LogP contribution in [0.3, 0.4) is 0 Å². The number of aliphatic hydroxyl groups is 1. The summed E-state index contributed by atoms with van der Waals surface area (Å²) in [5.41, 5.74) is 1.36. The standard InChI is InChI=1S/C20H33N3O/c24-17-20-9-6-14-22(20)13-5-4-12-21-18-10-15-23(16-11-18)19-7-2-1-3-8-19/h1-3,7-8,18,20-21,24H,4-6,9-17H2. The van der Waals surface area contributed by atoms with E-state index in [4.69, 9.17) is 0 Å². The number of anilines is 1. The van der Waals surface area contributed by atoms with Crippen molar-refractivity contribution in [2.45, 2.75) is 50.6 Å². The Hall–Kier alpha value is -1.10. The molecule has 0 saturated carbocycles. The number of rotatable bonds is 8. The summed E-state index contributed by atoms with van der Waals surface area (Å²) in [7, 11) is 0. The Morgan fingerprint density at radius 1 is 1.00 bits per heavy atom. The molecule has 0 aliphatic carbocycles. The van der Waals surface area contributed by atoms with Gasteiger partial charge in [-0.3, -0.25) is 4.90 Å². The molecule has 0 spiro atoms. The summed E-state index contributed by atoms with van der Waals surface area (Å²) in [6.45, 7) is 6.11. The first-order valence-electron chi connectivity index (χ1n) is 9.75. The van der Waals surface area contributed by atoms with E-state index in [1.165, 1.54) is 50.8 Å². The van der Waals surface area contributed by atoms with E-state index in [2.05, 4.69) is 45.4 Å². The van der Waals surface area contributed by atoms with Gasteiger partial charge >= 0.3 is 0 Å². The molecule has 3 rings (SSSR count). The second-order valence-electron chi connectivity index (χ2n) is 7.27. The lowest BCUT2D eigenvalue weighted by molar-refractivity contribution is 0.157. The molecule has 0 bridgehead atoms. The summed E-state index contributed by atoms with van der Waals surface area (Å²) in [4.78, 5) is 4.97. The van der Waals surface area contributed by atoms with Crippen LogP contribution < -0.4 is 10.2 Å². The van der Waals surface area contributed by atoms with Gasteiger partial charge in [-0.1, -0.05) is 18.2 Å². The lowest BCUT2D eigenvalue weighted by Gasteiger charge is -2.34. The highest BCUT2D eigenvalue weighted by molar-refractivity contribution is 5.46. The molecule has 2 aliphatic heterocycles. The zero-order chi connectivity index (χ0) is 16.6. The summed E-state index contributed by atoms with van der Waals surface area (Å²) < 4.78 is 0. The fourth-order valence-corrected chi connectivity index (χ4v) is 4.12. The second kappa shape index (κ2) is 9.40. The molecule has 2 aliphatic rings. The average molecular weight is 332 g/mol. The van der Waals surface area contributed by atoms with Crippen LogP contribution in [-0.2, 0) is 0 Å². The van der Waals surface area contributed by atoms with Crippen LogP contribution in [0, 0.1) is 0 Å². The van der Waals surface area contributed by atoms with Crippen LogP contribution >= 0.6 is 0 Å². The molecule has 134 valence electrons. The molecule has 2 fully saturated rings. The van der Waals surface area contributed by atoms with Gasteiger partial charge in [-0.15, -0.1) is 0 Å². The van der Waals surface area contributed by atoms with Crippen LogP contribution in [0.5, 0.6) is 0 Å². The van der Waals surface area contributed by atoms with Gasteiger partial charge in [0.05, 0.1) is 6.61 Å². The molecule has 0 radical (unpaired) electrons. The Labute approximate surface area is 146 Å². The third-order valence-corrected chi connectivity index (χ3v) is 5.63. The minimum atomic E-state index is 0.332. The van der Waals surface area contributed by atoms with Crippen LogP contribution in [0.1, 0.15) is 38.5 Å². The third-order valence-electron chi connectivity index (χ3n) is 5.63. The molecule has 2 heterocycles. The molecular formula is C20H33N3O. The van der Waals surface area contributed by atoms with E-state index >= 15 is 0 Å². The highest BCUT2D eigenvalue weighted by atomic mass is 16.3. The van der Waals surface area contributed by atoms with Crippen molar-refractivity contribution in [1.29, 1.82) is 0 Å². The van der Waals surface area contributed by atoms with Crippen LogP contribution in [0.25, 0.3) is 0 Å². The molecule has 1 unspecified atom stereocenters. The second-order valence-corrected chi connectivity index (χ2v) is 7.27. The van der Waals surface area contributed by atoms with Gasteiger partial charge in [0, 0.05) is 30.9 Å². The number of hydrogen-bond acceptors (Lipinski definition) is 4. The number of nitrogens with zero attached hydrogens (tertiary/aromatic N) is 2. The number of nitrogens with one attached hydrogen (secondary N) is 1. The Morgan fingerprint density at radius 2 is 1.79 bits per heavy atom. The van der Waals surface area contributed by atoms with Crippen molar-refractivity contribution in [2.75, 3.05) is 44.2 Å². The van der Waals surface area contributed by atoms with Crippen molar-refractivity contribution in [2.24, 2.45) is 0 Å². The Morgan fingerprint density at radius 3 is 2.54 bits per heavy atom. The molecule has 2 saturated heterocycles. The number of para-hydroxylation sites is 1. The highest BCUT2D eigenvalue weighted by Gasteiger charge is 2.23. The predicted molar refractivity (Wildman–Crippen MR) is 101 cm³/mol. The topological polar surface area (TPSA) is 38.7 Å². The molecule has 0 aromatic heterocycles. The van der Waals surface area contributed by atoms with Gasteiger partial charge in [0.25, 0.3) is 0 Å². The molecule has 4 heteroatoms. The van der Waals surface area contributed by atoms with Gasteiger partial charge in [-0.05, 0) is 70.3 Å².